The highest BCUT2D eigenvalue weighted by Gasteiger charge is 2.63. The Hall–Kier alpha value is -7.42. The molecule has 0 unspecified atom stereocenters. The van der Waals surface area contributed by atoms with Crippen molar-refractivity contribution >= 4 is 38.9 Å². The van der Waals surface area contributed by atoms with E-state index >= 15 is 0 Å². The number of hydrogen-bond acceptors (Lipinski definition) is 1. The summed E-state index contributed by atoms with van der Waals surface area (Å²) in [5, 5.41) is 2.55. The number of nitrogens with zero attached hydrogens (tertiary/aromatic N) is 2. The highest BCUT2D eigenvalue weighted by molar-refractivity contribution is 6.09. The lowest BCUT2D eigenvalue weighted by atomic mass is 9.38. The van der Waals surface area contributed by atoms with Crippen molar-refractivity contribution in [2.45, 2.75) is 42.9 Å². The zero-order valence-electron chi connectivity index (χ0n) is 37.7. The number of para-hydroxylation sites is 3. The summed E-state index contributed by atoms with van der Waals surface area (Å²) in [6.45, 7) is 0. The number of rotatable bonds is 7. The number of aromatic nitrogens is 1. The number of fused-ring (bicyclic) bond motifs is 5. The first kappa shape index (κ1) is 38.8. The van der Waals surface area contributed by atoms with Crippen LogP contribution in [0.3, 0.4) is 0 Å². The van der Waals surface area contributed by atoms with E-state index in [2.05, 4.69) is 240 Å². The van der Waals surface area contributed by atoms with Crippen LogP contribution in [-0.2, 0) is 10.8 Å². The smallest absolute Gasteiger partial charge is 0.0707 e. The van der Waals surface area contributed by atoms with Crippen LogP contribution in [0.4, 0.5) is 17.1 Å². The van der Waals surface area contributed by atoms with Gasteiger partial charge >= 0.3 is 0 Å². The summed E-state index contributed by atoms with van der Waals surface area (Å²) in [7, 11) is 0. The molecule has 2 heteroatoms. The minimum absolute atomic E-state index is 0.0899. The van der Waals surface area contributed by atoms with Gasteiger partial charge in [-0.25, -0.2) is 0 Å². The first-order valence-corrected chi connectivity index (χ1v) is 24.6. The molecule has 322 valence electrons. The number of benzene rings is 9. The molecule has 5 aliphatic rings. The van der Waals surface area contributed by atoms with Crippen molar-refractivity contribution in [3.8, 4) is 16.8 Å². The van der Waals surface area contributed by atoms with E-state index in [9.17, 15) is 0 Å². The third-order valence-corrected chi connectivity index (χ3v) is 16.9. The highest BCUT2D eigenvalue weighted by Crippen LogP contribution is 2.70. The van der Waals surface area contributed by atoms with Crippen molar-refractivity contribution in [3.05, 3.63) is 264 Å². The van der Waals surface area contributed by atoms with E-state index in [0.717, 1.165) is 23.2 Å². The molecule has 2 nitrogen and oxygen atoms in total. The lowest BCUT2D eigenvalue weighted by molar-refractivity contribution is -0.0440. The van der Waals surface area contributed by atoms with Gasteiger partial charge < -0.3 is 9.47 Å². The molecule has 0 saturated heterocycles. The first-order valence-electron chi connectivity index (χ1n) is 24.6. The van der Waals surface area contributed by atoms with Crippen LogP contribution < -0.4 is 4.90 Å². The van der Waals surface area contributed by atoms with Crippen molar-refractivity contribution < 1.29 is 0 Å². The SMILES string of the molecule is c1ccc(-c2ccccc2N(c2ccc(-n3c4ccccc4c4ccccc43)cc2)c2ccc3c(c2)C2(c4ccccc4C3(c3ccccc3)c3ccccc3)C3CC4CC(C3)CC2C4)cc1. The van der Waals surface area contributed by atoms with Gasteiger partial charge in [0.2, 0.25) is 0 Å². The van der Waals surface area contributed by atoms with E-state index < -0.39 is 5.41 Å². The molecule has 5 aliphatic carbocycles. The Morgan fingerprint density at radius 2 is 0.881 bits per heavy atom. The fourth-order valence-electron chi connectivity index (χ4n) is 14.7. The molecule has 0 atom stereocenters. The topological polar surface area (TPSA) is 8.17 Å². The van der Waals surface area contributed by atoms with E-state index in [0.29, 0.717) is 11.8 Å². The minimum atomic E-state index is -0.496. The van der Waals surface area contributed by atoms with E-state index in [-0.39, 0.29) is 5.41 Å². The predicted octanol–water partition coefficient (Wildman–Crippen LogP) is 16.4. The third kappa shape index (κ3) is 5.56. The Morgan fingerprint density at radius 3 is 1.51 bits per heavy atom. The molecule has 4 fully saturated rings. The average molecular weight is 861 g/mol. The molecule has 4 bridgehead atoms. The summed E-state index contributed by atoms with van der Waals surface area (Å²) in [4.78, 5) is 2.56. The lowest BCUT2D eigenvalue weighted by Gasteiger charge is -2.65. The first-order chi connectivity index (χ1) is 33.2. The van der Waals surface area contributed by atoms with Gasteiger partial charge in [0.15, 0.2) is 0 Å². The van der Waals surface area contributed by atoms with Gasteiger partial charge in [-0.3, -0.25) is 0 Å². The third-order valence-electron chi connectivity index (χ3n) is 16.9. The molecular weight excluding hydrogens is 809 g/mol. The van der Waals surface area contributed by atoms with Gasteiger partial charge in [0.25, 0.3) is 0 Å². The summed E-state index contributed by atoms with van der Waals surface area (Å²) in [6.07, 6.45) is 6.70. The van der Waals surface area contributed by atoms with E-state index in [1.807, 2.05) is 0 Å². The fraction of sp³-hybridized carbons (Fsp3) is 0.169. The zero-order valence-corrected chi connectivity index (χ0v) is 37.7. The van der Waals surface area contributed by atoms with Crippen LogP contribution in [0, 0.1) is 23.7 Å². The molecule has 0 N–H and O–H groups in total. The van der Waals surface area contributed by atoms with Crippen molar-refractivity contribution in [1.82, 2.24) is 4.57 Å². The Labute approximate surface area is 393 Å². The molecule has 1 spiro atoms. The maximum absolute atomic E-state index is 2.69. The van der Waals surface area contributed by atoms with Gasteiger partial charge in [-0.2, -0.15) is 0 Å². The van der Waals surface area contributed by atoms with Crippen molar-refractivity contribution in [1.29, 1.82) is 0 Å². The monoisotopic (exact) mass is 860 g/mol. The molecule has 10 aromatic rings. The Kier molecular flexibility index (Phi) is 8.72. The number of anilines is 3. The average Bonchev–Trinajstić information content (AvgIpc) is 3.73. The largest absolute Gasteiger partial charge is 0.310 e. The molecule has 0 aliphatic heterocycles. The second kappa shape index (κ2) is 15.1. The van der Waals surface area contributed by atoms with Crippen molar-refractivity contribution in [2.24, 2.45) is 23.7 Å². The molecule has 9 aromatic carbocycles. The van der Waals surface area contributed by atoms with E-state index in [1.54, 1.807) is 5.56 Å². The maximum atomic E-state index is 2.69. The van der Waals surface area contributed by atoms with E-state index in [4.69, 9.17) is 0 Å². The van der Waals surface area contributed by atoms with Crippen LogP contribution in [0.25, 0.3) is 38.6 Å². The van der Waals surface area contributed by atoms with Gasteiger partial charge in [0, 0.05) is 38.8 Å². The standard InChI is InChI=1S/C65H52N2/c1-4-18-46(19-5-1)54-24-10-15-29-61(54)66(51-32-34-52(35-33-51)67-62-30-16-11-25-55(62)56-26-12-17-31-63(56)67)53-36-37-59-60(43-53)65(49-39-44-38-45(41-49)42-50(65)40-44)58-28-14-13-27-57(58)64(59,47-20-6-2-7-21-47)48-22-8-3-9-23-48/h1-37,43-45,49-50H,38-42H2. The normalized spacial score (nSPS) is 21.9. The molecule has 1 aromatic heterocycles. The van der Waals surface area contributed by atoms with Gasteiger partial charge in [0.1, 0.15) is 0 Å². The minimum Gasteiger partial charge on any atom is -0.310 e. The highest BCUT2D eigenvalue weighted by atomic mass is 15.1. The molecule has 1 heterocycles. The number of hydrogen-bond donors (Lipinski definition) is 0. The second-order valence-electron chi connectivity index (χ2n) is 20.0. The summed E-state index contributed by atoms with van der Waals surface area (Å²) in [6, 6.07) is 87.3. The maximum Gasteiger partial charge on any atom is 0.0707 e. The molecule has 4 saturated carbocycles. The Bertz CT molecular complexity index is 3350. The van der Waals surface area contributed by atoms with Gasteiger partial charge in [-0.15, -0.1) is 0 Å². The van der Waals surface area contributed by atoms with Crippen molar-refractivity contribution in [2.75, 3.05) is 4.90 Å². The quantitative estimate of drug-likeness (QED) is 0.155. The van der Waals surface area contributed by atoms with Crippen LogP contribution in [0.1, 0.15) is 65.5 Å². The molecule has 67 heavy (non-hydrogen) atoms. The van der Waals surface area contributed by atoms with Crippen LogP contribution in [0.15, 0.2) is 231 Å². The van der Waals surface area contributed by atoms with Crippen molar-refractivity contribution in [3.63, 3.8) is 0 Å². The second-order valence-corrected chi connectivity index (χ2v) is 20.0. The Morgan fingerprint density at radius 1 is 0.388 bits per heavy atom. The summed E-state index contributed by atoms with van der Waals surface area (Å²) in [5.41, 5.74) is 17.6. The fourth-order valence-corrected chi connectivity index (χ4v) is 14.7. The molecule has 0 amide bonds. The predicted molar refractivity (Wildman–Crippen MR) is 277 cm³/mol. The zero-order chi connectivity index (χ0) is 44.1. The molecular formula is C65H52N2. The van der Waals surface area contributed by atoms with Gasteiger partial charge in [-0.1, -0.05) is 176 Å². The molecule has 15 rings (SSSR count). The summed E-state index contributed by atoms with van der Waals surface area (Å²) in [5.74, 6) is 2.87. The van der Waals surface area contributed by atoms with Crippen LogP contribution in [-0.4, -0.2) is 4.57 Å². The summed E-state index contributed by atoms with van der Waals surface area (Å²) < 4.78 is 2.43. The van der Waals surface area contributed by atoms with Crippen LogP contribution in [0.5, 0.6) is 0 Å². The van der Waals surface area contributed by atoms with Crippen LogP contribution >= 0.6 is 0 Å². The van der Waals surface area contributed by atoms with Gasteiger partial charge in [-0.05, 0) is 149 Å². The Balaban J connectivity index is 1.04. The summed E-state index contributed by atoms with van der Waals surface area (Å²) >= 11 is 0. The van der Waals surface area contributed by atoms with Gasteiger partial charge in [0.05, 0.1) is 22.1 Å². The molecule has 0 radical (unpaired) electrons. The van der Waals surface area contributed by atoms with Crippen LogP contribution in [0.2, 0.25) is 0 Å². The van der Waals surface area contributed by atoms with E-state index in [1.165, 1.54) is 104 Å². The lowest BCUT2D eigenvalue weighted by Crippen LogP contribution is -2.59.